The van der Waals surface area contributed by atoms with Gasteiger partial charge in [-0.05, 0) is 48.9 Å². The Labute approximate surface area is 136 Å². The van der Waals surface area contributed by atoms with Crippen LogP contribution in [0.3, 0.4) is 0 Å². The lowest BCUT2D eigenvalue weighted by atomic mass is 10.2. The molecule has 4 nitrogen and oxygen atoms in total. The Bertz CT molecular complexity index is 855. The van der Waals surface area contributed by atoms with Crippen LogP contribution in [0.2, 0.25) is 0 Å². The molecule has 0 fully saturated rings. The van der Waals surface area contributed by atoms with E-state index in [0.29, 0.717) is 5.69 Å². The Balaban J connectivity index is 1.88. The lowest BCUT2D eigenvalue weighted by molar-refractivity contribution is 0.102. The van der Waals surface area contributed by atoms with E-state index in [1.165, 1.54) is 0 Å². The summed E-state index contributed by atoms with van der Waals surface area (Å²) in [6.45, 7) is 1.95. The number of halogens is 1. The van der Waals surface area contributed by atoms with Crippen LogP contribution in [0.4, 0.5) is 5.69 Å². The third-order valence-electron chi connectivity index (χ3n) is 3.51. The highest BCUT2D eigenvalue weighted by Crippen LogP contribution is 2.23. The van der Waals surface area contributed by atoms with Crippen molar-refractivity contribution in [2.24, 2.45) is 0 Å². The molecule has 2 N–H and O–H groups in total. The van der Waals surface area contributed by atoms with Crippen LogP contribution in [-0.2, 0) is 0 Å². The van der Waals surface area contributed by atoms with Gasteiger partial charge in [0.2, 0.25) is 0 Å². The smallest absolute Gasteiger partial charge is 0.272 e. The van der Waals surface area contributed by atoms with Crippen LogP contribution in [0, 0.1) is 6.92 Å². The first-order valence-corrected chi connectivity index (χ1v) is 7.60. The van der Waals surface area contributed by atoms with Crippen LogP contribution in [-0.4, -0.2) is 18.0 Å². The minimum absolute atomic E-state index is 0.166. The molecule has 3 rings (SSSR count). The first-order chi connectivity index (χ1) is 10.6. The van der Waals surface area contributed by atoms with Crippen LogP contribution in [0.15, 0.2) is 46.9 Å². The molecule has 0 atom stereocenters. The van der Waals surface area contributed by atoms with Crippen LogP contribution in [0.1, 0.15) is 16.1 Å². The molecule has 0 aliphatic heterocycles. The van der Waals surface area contributed by atoms with E-state index in [2.05, 4.69) is 26.2 Å². The third kappa shape index (κ3) is 2.85. The summed E-state index contributed by atoms with van der Waals surface area (Å²) in [7, 11) is 1.62. The number of ether oxygens (including phenoxy) is 1. The third-order valence-corrected chi connectivity index (χ3v) is 4.00. The summed E-state index contributed by atoms with van der Waals surface area (Å²) in [4.78, 5) is 15.5. The normalized spacial score (nSPS) is 10.7. The molecule has 3 aromatic rings. The number of aryl methyl sites for hydroxylation is 1. The van der Waals surface area contributed by atoms with Gasteiger partial charge in [-0.2, -0.15) is 0 Å². The quantitative estimate of drug-likeness (QED) is 0.724. The number of carbonyl (C=O) groups is 1. The van der Waals surface area contributed by atoms with E-state index in [0.717, 1.165) is 32.4 Å². The van der Waals surface area contributed by atoms with Crippen molar-refractivity contribution < 1.29 is 9.53 Å². The predicted octanol–water partition coefficient (Wildman–Crippen LogP) is 4.50. The van der Waals surface area contributed by atoms with Gasteiger partial charge in [0.1, 0.15) is 11.4 Å². The molecule has 0 unspecified atom stereocenters. The Hall–Kier alpha value is -2.27. The monoisotopic (exact) mass is 358 g/mol. The van der Waals surface area contributed by atoms with Crippen LogP contribution >= 0.6 is 15.9 Å². The van der Waals surface area contributed by atoms with Crippen molar-refractivity contribution in [1.82, 2.24) is 4.98 Å². The molecule has 1 aromatic heterocycles. The number of amides is 1. The first kappa shape index (κ1) is 14.7. The number of hydrogen-bond donors (Lipinski definition) is 2. The molecule has 2 aromatic carbocycles. The maximum atomic E-state index is 12.4. The van der Waals surface area contributed by atoms with E-state index in [1.54, 1.807) is 7.11 Å². The van der Waals surface area contributed by atoms with Crippen molar-refractivity contribution in [2.45, 2.75) is 6.92 Å². The number of aromatic nitrogens is 1. The molecular formula is C17H15BrN2O2. The molecule has 1 amide bonds. The summed E-state index contributed by atoms with van der Waals surface area (Å²) in [5, 5.41) is 3.89. The topological polar surface area (TPSA) is 54.1 Å². The van der Waals surface area contributed by atoms with Gasteiger partial charge in [0.05, 0.1) is 7.11 Å². The zero-order valence-electron chi connectivity index (χ0n) is 12.2. The van der Waals surface area contributed by atoms with E-state index in [4.69, 9.17) is 4.74 Å². The molecule has 0 aliphatic carbocycles. The Morgan fingerprint density at radius 1 is 1.18 bits per heavy atom. The highest BCUT2D eigenvalue weighted by Gasteiger charge is 2.11. The summed E-state index contributed by atoms with van der Waals surface area (Å²) in [5.41, 5.74) is 3.19. The van der Waals surface area contributed by atoms with Crippen molar-refractivity contribution in [1.29, 1.82) is 0 Å². The molecular weight excluding hydrogens is 344 g/mol. The lowest BCUT2D eigenvalue weighted by Crippen LogP contribution is -2.13. The van der Waals surface area contributed by atoms with E-state index in [9.17, 15) is 4.79 Å². The minimum Gasteiger partial charge on any atom is -0.497 e. The van der Waals surface area contributed by atoms with Crippen LogP contribution in [0.25, 0.3) is 10.9 Å². The summed E-state index contributed by atoms with van der Waals surface area (Å²) in [6, 6.07) is 13.2. The van der Waals surface area contributed by atoms with Gasteiger partial charge in [0, 0.05) is 27.1 Å². The number of rotatable bonds is 3. The molecule has 22 heavy (non-hydrogen) atoms. The lowest BCUT2D eigenvalue weighted by Gasteiger charge is -2.07. The van der Waals surface area contributed by atoms with Gasteiger partial charge >= 0.3 is 0 Å². The standard InChI is InChI=1S/C17H15BrN2O2/c1-10-7-12(18)4-6-14(10)20-17(21)16-8-11-3-5-13(22-2)9-15(11)19-16/h3-9,19H,1-2H3,(H,20,21). The highest BCUT2D eigenvalue weighted by molar-refractivity contribution is 9.10. The second-order valence-electron chi connectivity index (χ2n) is 5.05. The molecule has 0 aliphatic rings. The second-order valence-corrected chi connectivity index (χ2v) is 5.97. The van der Waals surface area contributed by atoms with Gasteiger partial charge in [-0.15, -0.1) is 0 Å². The molecule has 1 heterocycles. The molecule has 0 saturated heterocycles. The van der Waals surface area contributed by atoms with Gasteiger partial charge in [-0.3, -0.25) is 4.79 Å². The molecule has 0 radical (unpaired) electrons. The average molecular weight is 359 g/mol. The second kappa shape index (κ2) is 5.85. The number of nitrogens with one attached hydrogen (secondary N) is 2. The number of fused-ring (bicyclic) bond motifs is 1. The van der Waals surface area contributed by atoms with Crippen LogP contribution < -0.4 is 10.1 Å². The fraction of sp³-hybridized carbons (Fsp3) is 0.118. The van der Waals surface area contributed by atoms with Gasteiger partial charge in [-0.25, -0.2) is 0 Å². The van der Waals surface area contributed by atoms with Crippen molar-refractivity contribution in [3.8, 4) is 5.75 Å². The number of anilines is 1. The largest absolute Gasteiger partial charge is 0.497 e. The van der Waals surface area contributed by atoms with Crippen molar-refractivity contribution in [3.63, 3.8) is 0 Å². The van der Waals surface area contributed by atoms with E-state index in [1.807, 2.05) is 49.4 Å². The zero-order chi connectivity index (χ0) is 15.7. The van der Waals surface area contributed by atoms with Crippen molar-refractivity contribution in [2.75, 3.05) is 12.4 Å². The van der Waals surface area contributed by atoms with Crippen molar-refractivity contribution >= 4 is 38.4 Å². The highest BCUT2D eigenvalue weighted by atomic mass is 79.9. The number of H-pyrrole nitrogens is 1. The number of benzene rings is 2. The number of hydrogen-bond acceptors (Lipinski definition) is 2. The fourth-order valence-corrected chi connectivity index (χ4v) is 2.79. The van der Waals surface area contributed by atoms with E-state index >= 15 is 0 Å². The summed E-state index contributed by atoms with van der Waals surface area (Å²) >= 11 is 3.41. The van der Waals surface area contributed by atoms with Gasteiger partial charge < -0.3 is 15.0 Å². The predicted molar refractivity (Wildman–Crippen MR) is 91.7 cm³/mol. The Kier molecular flexibility index (Phi) is 3.90. The Morgan fingerprint density at radius 2 is 2.00 bits per heavy atom. The van der Waals surface area contributed by atoms with Crippen LogP contribution in [0.5, 0.6) is 5.75 Å². The van der Waals surface area contributed by atoms with E-state index in [-0.39, 0.29) is 5.91 Å². The molecule has 0 spiro atoms. The molecule has 5 heteroatoms. The Morgan fingerprint density at radius 3 is 2.73 bits per heavy atom. The molecule has 0 bridgehead atoms. The SMILES string of the molecule is COc1ccc2cc(C(=O)Nc3ccc(Br)cc3C)[nH]c2c1. The van der Waals surface area contributed by atoms with Gasteiger partial charge in [0.25, 0.3) is 5.91 Å². The molecule has 112 valence electrons. The summed E-state index contributed by atoms with van der Waals surface area (Å²) in [6.07, 6.45) is 0. The zero-order valence-corrected chi connectivity index (χ0v) is 13.8. The van der Waals surface area contributed by atoms with E-state index < -0.39 is 0 Å². The number of aromatic amines is 1. The fourth-order valence-electron chi connectivity index (χ4n) is 2.31. The molecule has 0 saturated carbocycles. The summed E-state index contributed by atoms with van der Waals surface area (Å²) in [5.74, 6) is 0.589. The number of carbonyl (C=O) groups excluding carboxylic acids is 1. The van der Waals surface area contributed by atoms with Gasteiger partial charge in [-0.1, -0.05) is 15.9 Å². The maximum absolute atomic E-state index is 12.4. The number of methoxy groups -OCH3 is 1. The van der Waals surface area contributed by atoms with Crippen molar-refractivity contribution in [3.05, 3.63) is 58.2 Å². The first-order valence-electron chi connectivity index (χ1n) is 6.81. The summed E-state index contributed by atoms with van der Waals surface area (Å²) < 4.78 is 6.18. The minimum atomic E-state index is -0.166. The average Bonchev–Trinajstić information content (AvgIpc) is 2.93. The van der Waals surface area contributed by atoms with Gasteiger partial charge in [0.15, 0.2) is 0 Å². The maximum Gasteiger partial charge on any atom is 0.272 e.